The average Bonchev–Trinajstić information content (AvgIpc) is 2.37. The average molecular weight is 250 g/mol. The van der Waals surface area contributed by atoms with Gasteiger partial charge in [-0.25, -0.2) is 4.79 Å². The fourth-order valence-electron chi connectivity index (χ4n) is 1.37. The first-order valence-electron chi connectivity index (χ1n) is 6.15. The van der Waals surface area contributed by atoms with E-state index in [4.69, 9.17) is 9.47 Å². The summed E-state index contributed by atoms with van der Waals surface area (Å²) < 4.78 is 10.2. The molecule has 98 valence electrons. The molecule has 18 heavy (non-hydrogen) atoms. The molecule has 0 saturated carbocycles. The molecule has 0 radical (unpaired) electrons. The molecule has 0 heterocycles. The van der Waals surface area contributed by atoms with Crippen molar-refractivity contribution in [1.29, 1.82) is 0 Å². The highest BCUT2D eigenvalue weighted by molar-refractivity contribution is 5.93. The zero-order valence-corrected chi connectivity index (χ0v) is 10.8. The maximum Gasteiger partial charge on any atom is 0.341 e. The molecule has 0 spiro atoms. The van der Waals surface area contributed by atoms with Gasteiger partial charge in [-0.1, -0.05) is 26.0 Å². The summed E-state index contributed by atoms with van der Waals surface area (Å²) in [5.74, 6) is -0.540. The van der Waals surface area contributed by atoms with E-state index in [2.05, 4.69) is 0 Å². The molecular weight excluding hydrogens is 232 g/mol. The van der Waals surface area contributed by atoms with E-state index < -0.39 is 5.97 Å². The molecule has 0 aromatic heterocycles. The van der Waals surface area contributed by atoms with Gasteiger partial charge in [0.25, 0.3) is 0 Å². The Kier molecular flexibility index (Phi) is 5.91. The Hall–Kier alpha value is -1.84. The van der Waals surface area contributed by atoms with Crippen LogP contribution in [0.5, 0.6) is 5.75 Å². The second-order valence-corrected chi connectivity index (χ2v) is 3.86. The first kappa shape index (κ1) is 14.2. The molecule has 0 aliphatic carbocycles. The molecule has 0 atom stereocenters. The topological polar surface area (TPSA) is 52.6 Å². The molecule has 1 rings (SSSR count). The minimum Gasteiger partial charge on any atom is -0.462 e. The number of para-hydroxylation sites is 1. The quantitative estimate of drug-likeness (QED) is 0.575. The van der Waals surface area contributed by atoms with Crippen molar-refractivity contribution in [3.8, 4) is 5.75 Å². The molecule has 1 aromatic rings. The second kappa shape index (κ2) is 7.48. The summed E-state index contributed by atoms with van der Waals surface area (Å²) in [4.78, 5) is 23.2. The lowest BCUT2D eigenvalue weighted by Crippen LogP contribution is -2.12. The van der Waals surface area contributed by atoms with Crippen molar-refractivity contribution in [3.05, 3.63) is 29.8 Å². The third kappa shape index (κ3) is 4.20. The van der Waals surface area contributed by atoms with Gasteiger partial charge in [-0.05, 0) is 25.0 Å². The zero-order chi connectivity index (χ0) is 13.4. The first-order chi connectivity index (χ1) is 8.69. The van der Waals surface area contributed by atoms with E-state index in [1.165, 1.54) is 0 Å². The van der Waals surface area contributed by atoms with Crippen LogP contribution in [0.2, 0.25) is 0 Å². The highest BCUT2D eigenvalue weighted by atomic mass is 16.5. The molecule has 0 amide bonds. The minimum atomic E-state index is -0.461. The molecule has 0 aliphatic heterocycles. The molecule has 1 aromatic carbocycles. The first-order valence-corrected chi connectivity index (χ1v) is 6.15. The Morgan fingerprint density at radius 3 is 2.50 bits per heavy atom. The van der Waals surface area contributed by atoms with Gasteiger partial charge in [0.05, 0.1) is 6.61 Å². The van der Waals surface area contributed by atoms with Crippen LogP contribution in [0, 0.1) is 0 Å². The number of ether oxygens (including phenoxy) is 2. The van der Waals surface area contributed by atoms with E-state index >= 15 is 0 Å². The van der Waals surface area contributed by atoms with Crippen molar-refractivity contribution in [2.24, 2.45) is 0 Å². The molecule has 0 N–H and O–H groups in total. The van der Waals surface area contributed by atoms with Crippen molar-refractivity contribution >= 4 is 11.9 Å². The van der Waals surface area contributed by atoms with Gasteiger partial charge < -0.3 is 9.47 Å². The predicted molar refractivity (Wildman–Crippen MR) is 67.6 cm³/mol. The van der Waals surface area contributed by atoms with Crippen molar-refractivity contribution in [2.45, 2.75) is 33.1 Å². The summed E-state index contributed by atoms with van der Waals surface area (Å²) in [6, 6.07) is 6.60. The summed E-state index contributed by atoms with van der Waals surface area (Å²) in [6.07, 6.45) is 1.79. The molecule has 0 fully saturated rings. The van der Waals surface area contributed by atoms with Gasteiger partial charge >= 0.3 is 11.9 Å². The number of esters is 2. The molecule has 0 unspecified atom stereocenters. The number of carbonyl (C=O) groups is 2. The number of benzene rings is 1. The summed E-state index contributed by atoms with van der Waals surface area (Å²) in [5.41, 5.74) is 0.287. The van der Waals surface area contributed by atoms with Crippen LogP contribution in [0.1, 0.15) is 43.5 Å². The largest absolute Gasteiger partial charge is 0.462 e. The van der Waals surface area contributed by atoms with Gasteiger partial charge in [0, 0.05) is 6.42 Å². The fourth-order valence-corrected chi connectivity index (χ4v) is 1.37. The van der Waals surface area contributed by atoms with Crippen LogP contribution in [0.25, 0.3) is 0 Å². The summed E-state index contributed by atoms with van der Waals surface area (Å²) in [5, 5.41) is 0. The molecule has 0 bridgehead atoms. The Morgan fingerprint density at radius 1 is 1.11 bits per heavy atom. The van der Waals surface area contributed by atoms with Crippen molar-refractivity contribution in [2.75, 3.05) is 6.61 Å². The van der Waals surface area contributed by atoms with Crippen molar-refractivity contribution in [1.82, 2.24) is 0 Å². The van der Waals surface area contributed by atoms with Crippen molar-refractivity contribution < 1.29 is 19.1 Å². The van der Waals surface area contributed by atoms with E-state index in [1.807, 2.05) is 13.8 Å². The van der Waals surface area contributed by atoms with Gasteiger partial charge in [-0.3, -0.25) is 4.79 Å². The molecule has 0 saturated heterocycles. The summed E-state index contributed by atoms with van der Waals surface area (Å²) in [6.45, 7) is 4.17. The van der Waals surface area contributed by atoms with E-state index in [1.54, 1.807) is 24.3 Å². The second-order valence-electron chi connectivity index (χ2n) is 3.86. The van der Waals surface area contributed by atoms with Crippen LogP contribution in [0.4, 0.5) is 0 Å². The summed E-state index contributed by atoms with van der Waals surface area (Å²) >= 11 is 0. The van der Waals surface area contributed by atoms with Gasteiger partial charge in [0.15, 0.2) is 0 Å². The fraction of sp³-hybridized carbons (Fsp3) is 0.429. The Balaban J connectivity index is 2.79. The maximum atomic E-state index is 11.8. The molecular formula is C14H18O4. The van der Waals surface area contributed by atoms with Gasteiger partial charge in [0.2, 0.25) is 0 Å². The standard InChI is InChI=1S/C14H18O4/c1-3-7-13(15)18-12-9-6-5-8-11(12)14(16)17-10-4-2/h5-6,8-9H,3-4,7,10H2,1-2H3. The van der Waals surface area contributed by atoms with Crippen LogP contribution in [-0.2, 0) is 9.53 Å². The third-order valence-electron chi connectivity index (χ3n) is 2.22. The SMILES string of the molecule is CCCOC(=O)c1ccccc1OC(=O)CCC. The van der Waals surface area contributed by atoms with Crippen molar-refractivity contribution in [3.63, 3.8) is 0 Å². The van der Waals surface area contributed by atoms with Crippen LogP contribution < -0.4 is 4.74 Å². The lowest BCUT2D eigenvalue weighted by Gasteiger charge is -2.09. The summed E-state index contributed by atoms with van der Waals surface area (Å²) in [7, 11) is 0. The maximum absolute atomic E-state index is 11.8. The van der Waals surface area contributed by atoms with Gasteiger partial charge in [-0.2, -0.15) is 0 Å². The monoisotopic (exact) mass is 250 g/mol. The Morgan fingerprint density at radius 2 is 1.83 bits per heavy atom. The lowest BCUT2D eigenvalue weighted by atomic mass is 10.2. The third-order valence-corrected chi connectivity index (χ3v) is 2.22. The van der Waals surface area contributed by atoms with E-state index in [0.717, 1.165) is 6.42 Å². The molecule has 0 aliphatic rings. The normalized spacial score (nSPS) is 9.89. The van der Waals surface area contributed by atoms with Gasteiger partial charge in [0.1, 0.15) is 11.3 Å². The molecule has 4 heteroatoms. The zero-order valence-electron chi connectivity index (χ0n) is 10.8. The van der Waals surface area contributed by atoms with Crippen LogP contribution >= 0.6 is 0 Å². The van der Waals surface area contributed by atoms with E-state index in [-0.39, 0.29) is 17.3 Å². The van der Waals surface area contributed by atoms with E-state index in [9.17, 15) is 9.59 Å². The number of hydrogen-bond donors (Lipinski definition) is 0. The predicted octanol–water partition coefficient (Wildman–Crippen LogP) is 2.96. The molecule has 4 nitrogen and oxygen atoms in total. The Bertz CT molecular complexity index is 412. The smallest absolute Gasteiger partial charge is 0.341 e. The Labute approximate surface area is 107 Å². The van der Waals surface area contributed by atoms with Crippen LogP contribution in [-0.4, -0.2) is 18.5 Å². The highest BCUT2D eigenvalue weighted by Gasteiger charge is 2.15. The highest BCUT2D eigenvalue weighted by Crippen LogP contribution is 2.19. The number of hydrogen-bond acceptors (Lipinski definition) is 4. The number of carbonyl (C=O) groups excluding carboxylic acids is 2. The minimum absolute atomic E-state index is 0.261. The van der Waals surface area contributed by atoms with Crippen LogP contribution in [0.3, 0.4) is 0 Å². The van der Waals surface area contributed by atoms with Gasteiger partial charge in [-0.15, -0.1) is 0 Å². The number of rotatable bonds is 6. The lowest BCUT2D eigenvalue weighted by molar-refractivity contribution is -0.134. The van der Waals surface area contributed by atoms with Crippen LogP contribution in [0.15, 0.2) is 24.3 Å². The van der Waals surface area contributed by atoms with E-state index in [0.29, 0.717) is 19.4 Å².